The van der Waals surface area contributed by atoms with E-state index in [9.17, 15) is 14.4 Å². The summed E-state index contributed by atoms with van der Waals surface area (Å²) in [6, 6.07) is 9.65. The number of hydrogen-bond donors (Lipinski definition) is 2. The van der Waals surface area contributed by atoms with Crippen LogP contribution < -0.4 is 10.6 Å². The van der Waals surface area contributed by atoms with Crippen LogP contribution in [-0.4, -0.2) is 35.9 Å². The molecule has 0 bridgehead atoms. The molecule has 0 saturated carbocycles. The van der Waals surface area contributed by atoms with E-state index in [1.54, 1.807) is 18.4 Å². The smallest absolute Gasteiger partial charge is 0.311 e. The second kappa shape index (κ2) is 11.2. The van der Waals surface area contributed by atoms with Crippen LogP contribution in [0.4, 0.5) is 5.13 Å². The van der Waals surface area contributed by atoms with Crippen LogP contribution in [0, 0.1) is 13.8 Å². The highest BCUT2D eigenvalue weighted by Crippen LogP contribution is 2.18. The molecule has 9 heteroatoms. The number of benzene rings is 1. The van der Waals surface area contributed by atoms with Gasteiger partial charge in [-0.3, -0.25) is 19.7 Å². The Hall–Kier alpha value is -3.46. The normalized spacial score (nSPS) is 10.6. The van der Waals surface area contributed by atoms with Crippen LogP contribution in [0.5, 0.6) is 0 Å². The van der Waals surface area contributed by atoms with E-state index in [0.29, 0.717) is 35.0 Å². The van der Waals surface area contributed by atoms with Gasteiger partial charge >= 0.3 is 5.97 Å². The first-order valence-electron chi connectivity index (χ1n) is 10.2. The maximum Gasteiger partial charge on any atom is 0.311 e. The lowest BCUT2D eigenvalue weighted by Crippen LogP contribution is -2.28. The Balaban J connectivity index is 1.32. The molecule has 2 aromatic heterocycles. The molecule has 2 heterocycles. The number of rotatable bonds is 10. The van der Waals surface area contributed by atoms with Crippen molar-refractivity contribution in [3.05, 3.63) is 70.1 Å². The van der Waals surface area contributed by atoms with Crippen molar-refractivity contribution < 1.29 is 23.5 Å². The van der Waals surface area contributed by atoms with Gasteiger partial charge in [0.25, 0.3) is 5.91 Å². The summed E-state index contributed by atoms with van der Waals surface area (Å²) in [4.78, 5) is 40.3. The number of aromatic nitrogens is 1. The van der Waals surface area contributed by atoms with Crippen LogP contribution in [0.2, 0.25) is 0 Å². The van der Waals surface area contributed by atoms with Gasteiger partial charge in [0.2, 0.25) is 5.91 Å². The van der Waals surface area contributed by atoms with Gasteiger partial charge in [0.1, 0.15) is 12.4 Å². The number of anilines is 1. The van der Waals surface area contributed by atoms with Crippen molar-refractivity contribution >= 4 is 34.3 Å². The summed E-state index contributed by atoms with van der Waals surface area (Å²) >= 11 is 1.22. The molecule has 0 spiro atoms. The van der Waals surface area contributed by atoms with Crippen molar-refractivity contribution in [3.63, 3.8) is 0 Å². The van der Waals surface area contributed by atoms with E-state index in [1.165, 1.54) is 23.2 Å². The minimum Gasteiger partial charge on any atom is -0.469 e. The molecule has 3 rings (SSSR count). The maximum absolute atomic E-state index is 12.2. The van der Waals surface area contributed by atoms with Crippen molar-refractivity contribution in [2.45, 2.75) is 33.1 Å². The molecule has 1 aromatic carbocycles. The van der Waals surface area contributed by atoms with Gasteiger partial charge in [0.15, 0.2) is 5.13 Å². The number of hydrogen-bond acceptors (Lipinski definition) is 7. The first-order valence-corrected chi connectivity index (χ1v) is 11.1. The number of ether oxygens (including phenoxy) is 1. The van der Waals surface area contributed by atoms with Crippen LogP contribution in [0.25, 0.3) is 0 Å². The zero-order valence-corrected chi connectivity index (χ0v) is 18.8. The highest BCUT2D eigenvalue weighted by atomic mass is 32.1. The van der Waals surface area contributed by atoms with Gasteiger partial charge in [0, 0.05) is 11.8 Å². The number of nitrogens with zero attached hydrogens (tertiary/aromatic N) is 1. The van der Waals surface area contributed by atoms with Gasteiger partial charge < -0.3 is 14.5 Å². The van der Waals surface area contributed by atoms with E-state index < -0.39 is 5.97 Å². The molecule has 0 fully saturated rings. The largest absolute Gasteiger partial charge is 0.469 e. The van der Waals surface area contributed by atoms with Crippen LogP contribution in [-0.2, 0) is 27.2 Å². The molecule has 0 unspecified atom stereocenters. The van der Waals surface area contributed by atoms with Crippen molar-refractivity contribution in [1.29, 1.82) is 0 Å². The molecule has 32 heavy (non-hydrogen) atoms. The van der Waals surface area contributed by atoms with E-state index in [0.717, 1.165) is 5.56 Å². The summed E-state index contributed by atoms with van der Waals surface area (Å²) in [6.07, 6.45) is 2.47. The van der Waals surface area contributed by atoms with Crippen LogP contribution in [0.15, 0.2) is 46.4 Å². The summed E-state index contributed by atoms with van der Waals surface area (Å²) in [7, 11) is 0. The minimum absolute atomic E-state index is 0.0154. The molecule has 0 saturated heterocycles. The number of nitrogens with one attached hydrogen (secondary N) is 2. The van der Waals surface area contributed by atoms with Gasteiger partial charge in [-0.25, -0.2) is 4.98 Å². The van der Waals surface area contributed by atoms with Crippen LogP contribution in [0.1, 0.15) is 39.4 Å². The molecular weight excluding hydrogens is 430 g/mol. The molecule has 168 valence electrons. The fraction of sp³-hybridized carbons (Fsp3) is 0.304. The quantitative estimate of drug-likeness (QED) is 0.358. The monoisotopic (exact) mass is 455 g/mol. The molecule has 0 aliphatic rings. The Kier molecular flexibility index (Phi) is 8.15. The Morgan fingerprint density at radius 2 is 1.91 bits per heavy atom. The average Bonchev–Trinajstić information content (AvgIpc) is 3.39. The Morgan fingerprint density at radius 1 is 1.12 bits per heavy atom. The first-order chi connectivity index (χ1) is 15.4. The highest BCUT2D eigenvalue weighted by molar-refractivity contribution is 7.14. The lowest BCUT2D eigenvalue weighted by Gasteiger charge is -2.07. The average molecular weight is 456 g/mol. The fourth-order valence-electron chi connectivity index (χ4n) is 2.89. The highest BCUT2D eigenvalue weighted by Gasteiger charge is 2.15. The van der Waals surface area contributed by atoms with Gasteiger partial charge in [-0.05, 0) is 31.9 Å². The van der Waals surface area contributed by atoms with Gasteiger partial charge in [-0.1, -0.05) is 29.8 Å². The predicted octanol–water partition coefficient (Wildman–Crippen LogP) is 3.44. The molecule has 2 N–H and O–H groups in total. The summed E-state index contributed by atoms with van der Waals surface area (Å²) in [5.41, 5.74) is 3.22. The van der Waals surface area contributed by atoms with E-state index in [4.69, 9.17) is 9.15 Å². The molecule has 0 atom stereocenters. The van der Waals surface area contributed by atoms with Crippen molar-refractivity contribution in [3.8, 4) is 0 Å². The second-order valence-electron chi connectivity index (χ2n) is 7.22. The maximum atomic E-state index is 12.2. The fourth-order valence-corrected chi connectivity index (χ4v) is 3.59. The Morgan fingerprint density at radius 3 is 2.62 bits per heavy atom. The van der Waals surface area contributed by atoms with Gasteiger partial charge in [0.05, 0.1) is 30.5 Å². The van der Waals surface area contributed by atoms with E-state index >= 15 is 0 Å². The van der Waals surface area contributed by atoms with Crippen molar-refractivity contribution in [2.24, 2.45) is 0 Å². The number of aryl methyl sites for hydroxylation is 3. The van der Waals surface area contributed by atoms with Gasteiger partial charge in [-0.15, -0.1) is 11.3 Å². The zero-order valence-electron chi connectivity index (χ0n) is 18.0. The van der Waals surface area contributed by atoms with E-state index in [1.807, 2.05) is 31.2 Å². The van der Waals surface area contributed by atoms with Gasteiger partial charge in [-0.2, -0.15) is 0 Å². The molecule has 3 aromatic rings. The molecule has 2 amide bonds. The van der Waals surface area contributed by atoms with E-state index in [2.05, 4.69) is 15.6 Å². The predicted molar refractivity (Wildman–Crippen MR) is 121 cm³/mol. The summed E-state index contributed by atoms with van der Waals surface area (Å²) in [5, 5.41) is 7.50. The first kappa shape index (κ1) is 23.2. The molecule has 0 radical (unpaired) electrons. The number of esters is 1. The third-order valence-electron chi connectivity index (χ3n) is 4.65. The molecule has 8 nitrogen and oxygen atoms in total. The minimum atomic E-state index is -0.451. The number of thiazole rings is 1. The number of furan rings is 1. The number of amides is 2. The molecule has 0 aliphatic heterocycles. The second-order valence-corrected chi connectivity index (χ2v) is 8.08. The lowest BCUT2D eigenvalue weighted by molar-refractivity contribution is -0.143. The summed E-state index contributed by atoms with van der Waals surface area (Å²) < 4.78 is 10.3. The van der Waals surface area contributed by atoms with E-state index in [-0.39, 0.29) is 31.4 Å². The Bertz CT molecular complexity index is 1070. The van der Waals surface area contributed by atoms with Crippen LogP contribution >= 0.6 is 11.3 Å². The Labute approximate surface area is 190 Å². The lowest BCUT2D eigenvalue weighted by atomic mass is 10.1. The molecule has 0 aliphatic carbocycles. The zero-order chi connectivity index (χ0) is 22.9. The third-order valence-corrected chi connectivity index (χ3v) is 5.46. The third kappa shape index (κ3) is 7.05. The molecular formula is C23H25N3O5S. The number of carbonyl (C=O) groups is 3. The van der Waals surface area contributed by atoms with Crippen LogP contribution in [0.3, 0.4) is 0 Å². The topological polar surface area (TPSA) is 111 Å². The standard InChI is InChI=1S/C23H25N3O5S/c1-15-3-5-17(6-4-15)7-8-20(27)24-10-12-31-21(28)13-18-14-32-23(25-18)26-22(29)19-9-11-30-16(19)2/h3-6,9,11,14H,7-8,10,12-13H2,1-2H3,(H,24,27)(H,25,26,29). The number of carbonyl (C=O) groups excluding carboxylic acids is 3. The van der Waals surface area contributed by atoms with Crippen molar-refractivity contribution in [2.75, 3.05) is 18.5 Å². The summed E-state index contributed by atoms with van der Waals surface area (Å²) in [6.45, 7) is 4.06. The van der Waals surface area contributed by atoms with Crippen molar-refractivity contribution in [1.82, 2.24) is 10.3 Å². The SMILES string of the molecule is Cc1ccc(CCC(=O)NCCOC(=O)Cc2csc(NC(=O)c3ccoc3C)n2)cc1. The summed E-state index contributed by atoms with van der Waals surface area (Å²) in [5.74, 6) is -0.343.